The zero-order valence-electron chi connectivity index (χ0n) is 10.9. The second-order valence-electron chi connectivity index (χ2n) is 4.52. The number of halogens is 3. The molecule has 4 nitrogen and oxygen atoms in total. The van der Waals surface area contributed by atoms with Gasteiger partial charge in [-0.3, -0.25) is 4.57 Å². The van der Waals surface area contributed by atoms with Gasteiger partial charge >= 0.3 is 6.18 Å². The molecule has 0 bridgehead atoms. The van der Waals surface area contributed by atoms with Gasteiger partial charge in [0.05, 0.1) is 11.3 Å². The van der Waals surface area contributed by atoms with Crippen LogP contribution in [0.1, 0.15) is 11.4 Å². The maximum absolute atomic E-state index is 13.1. The van der Waals surface area contributed by atoms with E-state index in [2.05, 4.69) is 9.97 Å². The molecule has 3 rings (SSSR count). The van der Waals surface area contributed by atoms with E-state index < -0.39 is 11.7 Å². The molecule has 1 N–H and O–H groups in total. The second kappa shape index (κ2) is 4.47. The number of aromatic nitrogens is 3. The van der Waals surface area contributed by atoms with Crippen molar-refractivity contribution in [1.29, 1.82) is 0 Å². The van der Waals surface area contributed by atoms with E-state index in [-0.39, 0.29) is 17.2 Å². The van der Waals surface area contributed by atoms with Crippen molar-refractivity contribution in [2.45, 2.75) is 13.1 Å². The van der Waals surface area contributed by atoms with Crippen LogP contribution >= 0.6 is 0 Å². The SMILES string of the molecule is Cc1nc2ccc(O)nc2n1-c1ccccc1C(F)(F)F. The van der Waals surface area contributed by atoms with E-state index in [4.69, 9.17) is 0 Å². The Morgan fingerprint density at radius 1 is 1.05 bits per heavy atom. The number of nitrogens with zero attached hydrogens (tertiary/aromatic N) is 3. The van der Waals surface area contributed by atoms with Crippen molar-refractivity contribution in [1.82, 2.24) is 14.5 Å². The van der Waals surface area contributed by atoms with Crippen molar-refractivity contribution < 1.29 is 18.3 Å². The fraction of sp³-hybridized carbons (Fsp3) is 0.143. The van der Waals surface area contributed by atoms with Crippen LogP contribution in [0, 0.1) is 6.92 Å². The summed E-state index contributed by atoms with van der Waals surface area (Å²) in [6, 6.07) is 8.04. The lowest BCUT2D eigenvalue weighted by Crippen LogP contribution is -2.11. The van der Waals surface area contributed by atoms with E-state index in [0.717, 1.165) is 6.07 Å². The number of benzene rings is 1. The molecule has 0 aliphatic carbocycles. The summed E-state index contributed by atoms with van der Waals surface area (Å²) in [4.78, 5) is 8.06. The summed E-state index contributed by atoms with van der Waals surface area (Å²) >= 11 is 0. The first-order valence-corrected chi connectivity index (χ1v) is 6.09. The smallest absolute Gasteiger partial charge is 0.418 e. The molecule has 1 aromatic carbocycles. The van der Waals surface area contributed by atoms with Crippen LogP contribution < -0.4 is 0 Å². The van der Waals surface area contributed by atoms with Crippen molar-refractivity contribution in [3.63, 3.8) is 0 Å². The van der Waals surface area contributed by atoms with Crippen molar-refractivity contribution >= 4 is 11.2 Å². The Morgan fingerprint density at radius 3 is 2.48 bits per heavy atom. The lowest BCUT2D eigenvalue weighted by Gasteiger charge is -2.14. The number of aromatic hydroxyl groups is 1. The Bertz CT molecular complexity index is 824. The maximum Gasteiger partial charge on any atom is 0.418 e. The lowest BCUT2D eigenvalue weighted by atomic mass is 10.1. The minimum absolute atomic E-state index is 0.0666. The Balaban J connectivity index is 2.36. The highest BCUT2D eigenvalue weighted by Crippen LogP contribution is 2.35. The van der Waals surface area contributed by atoms with Gasteiger partial charge in [-0.2, -0.15) is 18.2 Å². The highest BCUT2D eigenvalue weighted by molar-refractivity contribution is 5.75. The molecular weight excluding hydrogens is 283 g/mol. The van der Waals surface area contributed by atoms with Crippen LogP contribution in [0.3, 0.4) is 0 Å². The minimum Gasteiger partial charge on any atom is -0.493 e. The van der Waals surface area contributed by atoms with Crippen LogP contribution in [-0.2, 0) is 6.18 Å². The summed E-state index contributed by atoms with van der Waals surface area (Å²) in [5, 5.41) is 9.47. The molecular formula is C14H10F3N3O. The van der Waals surface area contributed by atoms with Gasteiger partial charge in [0.25, 0.3) is 0 Å². The van der Waals surface area contributed by atoms with Crippen LogP contribution in [0.5, 0.6) is 5.88 Å². The summed E-state index contributed by atoms with van der Waals surface area (Å²) in [5.41, 5.74) is -0.243. The van der Waals surface area contributed by atoms with E-state index >= 15 is 0 Å². The number of hydrogen-bond acceptors (Lipinski definition) is 3. The van der Waals surface area contributed by atoms with Gasteiger partial charge in [-0.1, -0.05) is 12.1 Å². The van der Waals surface area contributed by atoms with Crippen LogP contribution in [0.25, 0.3) is 16.9 Å². The summed E-state index contributed by atoms with van der Waals surface area (Å²) < 4.78 is 40.7. The topological polar surface area (TPSA) is 50.9 Å². The molecule has 0 aliphatic heterocycles. The second-order valence-corrected chi connectivity index (χ2v) is 4.52. The van der Waals surface area contributed by atoms with Crippen molar-refractivity contribution in [2.75, 3.05) is 0 Å². The van der Waals surface area contributed by atoms with E-state index in [1.165, 1.54) is 34.9 Å². The number of fused-ring (bicyclic) bond motifs is 1. The number of rotatable bonds is 1. The normalized spacial score (nSPS) is 12.0. The molecule has 0 fully saturated rings. The van der Waals surface area contributed by atoms with Gasteiger partial charge in [0, 0.05) is 6.07 Å². The number of pyridine rings is 1. The number of para-hydroxylation sites is 1. The van der Waals surface area contributed by atoms with Crippen molar-refractivity contribution in [3.8, 4) is 11.6 Å². The van der Waals surface area contributed by atoms with E-state index in [0.29, 0.717) is 11.3 Å². The fourth-order valence-electron chi connectivity index (χ4n) is 2.26. The first-order chi connectivity index (χ1) is 9.88. The Hall–Kier alpha value is -2.57. The van der Waals surface area contributed by atoms with Gasteiger partial charge in [-0.05, 0) is 25.1 Å². The summed E-state index contributed by atoms with van der Waals surface area (Å²) in [6.45, 7) is 1.59. The van der Waals surface area contributed by atoms with Crippen LogP contribution in [-0.4, -0.2) is 19.6 Å². The molecule has 0 saturated carbocycles. The number of alkyl halides is 3. The predicted octanol–water partition coefficient (Wildman–Crippen LogP) is 3.45. The number of imidazole rings is 1. The molecule has 7 heteroatoms. The zero-order valence-corrected chi connectivity index (χ0v) is 10.9. The average molecular weight is 293 g/mol. The predicted molar refractivity (Wildman–Crippen MR) is 70.3 cm³/mol. The molecule has 21 heavy (non-hydrogen) atoms. The molecule has 0 radical (unpaired) electrons. The lowest BCUT2D eigenvalue weighted by molar-refractivity contribution is -0.137. The molecule has 0 atom stereocenters. The van der Waals surface area contributed by atoms with Gasteiger partial charge in [0.2, 0.25) is 5.88 Å². The Kier molecular flexibility index (Phi) is 2.86. The van der Waals surface area contributed by atoms with Crippen molar-refractivity contribution in [2.24, 2.45) is 0 Å². The monoisotopic (exact) mass is 293 g/mol. The van der Waals surface area contributed by atoms with Crippen LogP contribution in [0.15, 0.2) is 36.4 Å². The van der Waals surface area contributed by atoms with Gasteiger partial charge in [-0.25, -0.2) is 4.98 Å². The van der Waals surface area contributed by atoms with Crippen molar-refractivity contribution in [3.05, 3.63) is 47.8 Å². The van der Waals surface area contributed by atoms with E-state index in [9.17, 15) is 18.3 Å². The Morgan fingerprint density at radius 2 is 1.76 bits per heavy atom. The Labute approximate surface area is 117 Å². The molecule has 0 aliphatic rings. The average Bonchev–Trinajstić information content (AvgIpc) is 2.73. The summed E-state index contributed by atoms with van der Waals surface area (Å²) in [6.07, 6.45) is -4.49. The van der Waals surface area contributed by atoms with Crippen LogP contribution in [0.4, 0.5) is 13.2 Å². The molecule has 2 aromatic heterocycles. The van der Waals surface area contributed by atoms with E-state index in [1.54, 1.807) is 6.92 Å². The molecule has 0 saturated heterocycles. The third-order valence-electron chi connectivity index (χ3n) is 3.11. The highest BCUT2D eigenvalue weighted by atomic mass is 19.4. The molecule has 0 unspecified atom stereocenters. The minimum atomic E-state index is -4.49. The standard InChI is InChI=1S/C14H10F3N3O/c1-8-18-10-6-7-12(21)19-13(10)20(8)11-5-3-2-4-9(11)14(15,16)17/h2-7H,1H3,(H,19,21). The van der Waals surface area contributed by atoms with E-state index in [1.807, 2.05) is 0 Å². The number of aryl methyl sites for hydroxylation is 1. The van der Waals surface area contributed by atoms with Gasteiger partial charge in [0.1, 0.15) is 11.3 Å². The first-order valence-electron chi connectivity index (χ1n) is 6.09. The largest absolute Gasteiger partial charge is 0.493 e. The molecule has 0 spiro atoms. The first kappa shape index (κ1) is 13.4. The molecule has 0 amide bonds. The third kappa shape index (κ3) is 2.20. The quantitative estimate of drug-likeness (QED) is 0.747. The number of hydrogen-bond donors (Lipinski definition) is 1. The van der Waals surface area contributed by atoms with Crippen LogP contribution in [0.2, 0.25) is 0 Å². The molecule has 108 valence electrons. The third-order valence-corrected chi connectivity index (χ3v) is 3.11. The zero-order chi connectivity index (χ0) is 15.2. The maximum atomic E-state index is 13.1. The summed E-state index contributed by atoms with van der Waals surface area (Å²) in [7, 11) is 0. The highest BCUT2D eigenvalue weighted by Gasteiger charge is 2.34. The van der Waals surface area contributed by atoms with Gasteiger partial charge < -0.3 is 5.11 Å². The van der Waals surface area contributed by atoms with Gasteiger partial charge in [0.15, 0.2) is 5.65 Å². The molecule has 3 aromatic rings. The molecule has 2 heterocycles. The fourth-order valence-corrected chi connectivity index (χ4v) is 2.26. The van der Waals surface area contributed by atoms with Gasteiger partial charge in [-0.15, -0.1) is 0 Å². The summed E-state index contributed by atoms with van der Waals surface area (Å²) in [5.74, 6) is 0.0907.